The van der Waals surface area contributed by atoms with Gasteiger partial charge in [0.05, 0.1) is 6.61 Å². The quantitative estimate of drug-likeness (QED) is 0.773. The van der Waals surface area contributed by atoms with E-state index in [1.807, 2.05) is 0 Å². The maximum atomic E-state index is 5.38. The number of nitrogens with zero attached hydrogens (tertiary/aromatic N) is 1. The van der Waals surface area contributed by atoms with Crippen molar-refractivity contribution in [2.75, 3.05) is 33.4 Å². The van der Waals surface area contributed by atoms with E-state index in [-0.39, 0.29) is 5.54 Å². The van der Waals surface area contributed by atoms with Crippen molar-refractivity contribution in [1.82, 2.24) is 10.2 Å². The third kappa shape index (κ3) is 4.23. The van der Waals surface area contributed by atoms with Gasteiger partial charge in [0, 0.05) is 18.7 Å². The molecule has 0 saturated carbocycles. The minimum Gasteiger partial charge on any atom is -0.383 e. The Morgan fingerprint density at radius 3 is 2.24 bits per heavy atom. The molecule has 1 saturated heterocycles. The Morgan fingerprint density at radius 2 is 1.76 bits per heavy atom. The molecular weight excluding hydrogens is 212 g/mol. The zero-order valence-corrected chi connectivity index (χ0v) is 12.1. The molecule has 0 aliphatic carbocycles. The predicted octanol–water partition coefficient (Wildman–Crippen LogP) is 2.27. The number of hydrogen-bond acceptors (Lipinski definition) is 3. The molecule has 1 heterocycles. The van der Waals surface area contributed by atoms with Gasteiger partial charge >= 0.3 is 0 Å². The van der Waals surface area contributed by atoms with Crippen LogP contribution in [0.15, 0.2) is 0 Å². The summed E-state index contributed by atoms with van der Waals surface area (Å²) in [7, 11) is 1.79. The zero-order valence-electron chi connectivity index (χ0n) is 12.1. The molecule has 1 fully saturated rings. The van der Waals surface area contributed by atoms with Crippen molar-refractivity contribution in [2.24, 2.45) is 0 Å². The van der Waals surface area contributed by atoms with Crippen molar-refractivity contribution in [3.05, 3.63) is 0 Å². The highest BCUT2D eigenvalue weighted by Crippen LogP contribution is 2.23. The lowest BCUT2D eigenvalue weighted by atomic mass is 9.92. The van der Waals surface area contributed by atoms with Crippen LogP contribution in [0.5, 0.6) is 0 Å². The molecule has 102 valence electrons. The number of nitrogens with one attached hydrogen (secondary N) is 1. The van der Waals surface area contributed by atoms with E-state index in [0.29, 0.717) is 6.04 Å². The minimum atomic E-state index is 0.177. The van der Waals surface area contributed by atoms with Crippen molar-refractivity contribution >= 4 is 0 Å². The van der Waals surface area contributed by atoms with Crippen molar-refractivity contribution in [1.29, 1.82) is 0 Å². The lowest BCUT2D eigenvalue weighted by molar-refractivity contribution is 0.0428. The third-order valence-electron chi connectivity index (χ3n) is 4.06. The molecule has 1 rings (SSSR count). The van der Waals surface area contributed by atoms with E-state index in [9.17, 15) is 0 Å². The number of methoxy groups -OCH3 is 1. The van der Waals surface area contributed by atoms with E-state index in [1.54, 1.807) is 7.11 Å². The van der Waals surface area contributed by atoms with E-state index in [0.717, 1.165) is 13.2 Å². The fourth-order valence-electron chi connectivity index (χ4n) is 2.79. The van der Waals surface area contributed by atoms with Gasteiger partial charge in [-0.15, -0.1) is 0 Å². The standard InChI is InChI=1S/C14H30N2O/c1-5-15-13(12-17-4)14(2,3)16-10-8-6-7-9-11-16/h13,15H,5-12H2,1-4H3. The average molecular weight is 242 g/mol. The monoisotopic (exact) mass is 242 g/mol. The summed E-state index contributed by atoms with van der Waals surface area (Å²) in [6, 6.07) is 0.413. The topological polar surface area (TPSA) is 24.5 Å². The number of hydrogen-bond donors (Lipinski definition) is 1. The second kappa shape index (κ2) is 7.34. The highest BCUT2D eigenvalue weighted by atomic mass is 16.5. The molecule has 0 spiro atoms. The Hall–Kier alpha value is -0.120. The molecule has 1 N–H and O–H groups in total. The molecule has 1 aliphatic heterocycles. The van der Waals surface area contributed by atoms with Crippen LogP contribution in [0.3, 0.4) is 0 Å². The first-order chi connectivity index (χ1) is 8.12. The third-order valence-corrected chi connectivity index (χ3v) is 4.06. The SMILES string of the molecule is CCNC(COC)C(C)(C)N1CCCCCC1. The molecule has 1 aliphatic rings. The highest BCUT2D eigenvalue weighted by molar-refractivity contribution is 4.94. The Balaban J connectivity index is 2.65. The predicted molar refractivity (Wildman–Crippen MR) is 73.5 cm³/mol. The molecule has 0 amide bonds. The van der Waals surface area contributed by atoms with E-state index in [2.05, 4.69) is 31.0 Å². The normalized spacial score (nSPS) is 21.2. The summed E-state index contributed by atoms with van der Waals surface area (Å²) >= 11 is 0. The molecule has 3 nitrogen and oxygen atoms in total. The molecule has 0 aromatic carbocycles. The van der Waals surface area contributed by atoms with Crippen LogP contribution in [0.25, 0.3) is 0 Å². The van der Waals surface area contributed by atoms with Crippen LogP contribution < -0.4 is 5.32 Å². The maximum Gasteiger partial charge on any atom is 0.0633 e. The van der Waals surface area contributed by atoms with Crippen molar-refractivity contribution < 1.29 is 4.74 Å². The van der Waals surface area contributed by atoms with Crippen molar-refractivity contribution in [3.63, 3.8) is 0 Å². The maximum absolute atomic E-state index is 5.38. The van der Waals surface area contributed by atoms with Crippen LogP contribution in [-0.4, -0.2) is 49.8 Å². The largest absolute Gasteiger partial charge is 0.383 e. The van der Waals surface area contributed by atoms with Gasteiger partial charge in [-0.05, 0) is 46.3 Å². The minimum absolute atomic E-state index is 0.177. The lowest BCUT2D eigenvalue weighted by Crippen LogP contribution is -2.59. The highest BCUT2D eigenvalue weighted by Gasteiger charge is 2.34. The first-order valence-corrected chi connectivity index (χ1v) is 7.10. The molecule has 0 aromatic rings. The first kappa shape index (κ1) is 14.9. The summed E-state index contributed by atoms with van der Waals surface area (Å²) in [6.45, 7) is 11.1. The summed E-state index contributed by atoms with van der Waals surface area (Å²) in [4.78, 5) is 2.65. The Morgan fingerprint density at radius 1 is 1.18 bits per heavy atom. The number of likely N-dealkylation sites (N-methyl/N-ethyl adjacent to an activating group) is 1. The molecule has 0 bridgehead atoms. The first-order valence-electron chi connectivity index (χ1n) is 7.10. The van der Waals surface area contributed by atoms with Crippen LogP contribution in [0.2, 0.25) is 0 Å². The van der Waals surface area contributed by atoms with Gasteiger partial charge in [-0.2, -0.15) is 0 Å². The van der Waals surface area contributed by atoms with Gasteiger partial charge in [-0.3, -0.25) is 4.90 Å². The smallest absolute Gasteiger partial charge is 0.0633 e. The molecule has 3 heteroatoms. The van der Waals surface area contributed by atoms with E-state index in [4.69, 9.17) is 4.74 Å². The Kier molecular flexibility index (Phi) is 6.45. The number of ether oxygens (including phenoxy) is 1. The van der Waals surface area contributed by atoms with Crippen molar-refractivity contribution in [2.45, 2.75) is 58.0 Å². The molecule has 0 aromatic heterocycles. The van der Waals surface area contributed by atoms with Crippen LogP contribution >= 0.6 is 0 Å². The zero-order chi connectivity index (χ0) is 12.7. The van der Waals surface area contributed by atoms with Gasteiger partial charge in [0.2, 0.25) is 0 Å². The van der Waals surface area contributed by atoms with E-state index in [1.165, 1.54) is 38.8 Å². The lowest BCUT2D eigenvalue weighted by Gasteiger charge is -2.44. The second-order valence-electron chi connectivity index (χ2n) is 5.62. The molecular formula is C14H30N2O. The Bertz CT molecular complexity index is 188. The molecule has 0 radical (unpaired) electrons. The summed E-state index contributed by atoms with van der Waals surface area (Å²) in [5, 5.41) is 3.57. The molecule has 17 heavy (non-hydrogen) atoms. The second-order valence-corrected chi connectivity index (χ2v) is 5.62. The average Bonchev–Trinajstić information content (AvgIpc) is 2.57. The Labute approximate surface area is 107 Å². The number of likely N-dealkylation sites (tertiary alicyclic amines) is 1. The summed E-state index contributed by atoms with van der Waals surface area (Å²) < 4.78 is 5.38. The summed E-state index contributed by atoms with van der Waals surface area (Å²) in [5.41, 5.74) is 0.177. The van der Waals surface area contributed by atoms with Crippen LogP contribution in [-0.2, 0) is 4.74 Å². The van der Waals surface area contributed by atoms with Crippen LogP contribution in [0, 0.1) is 0 Å². The molecule has 1 unspecified atom stereocenters. The summed E-state index contributed by atoms with van der Waals surface area (Å²) in [5.74, 6) is 0. The van der Waals surface area contributed by atoms with Gasteiger partial charge < -0.3 is 10.1 Å². The van der Waals surface area contributed by atoms with Gasteiger partial charge in [0.25, 0.3) is 0 Å². The van der Waals surface area contributed by atoms with Crippen LogP contribution in [0.1, 0.15) is 46.5 Å². The summed E-state index contributed by atoms with van der Waals surface area (Å²) in [6.07, 6.45) is 5.47. The van der Waals surface area contributed by atoms with Gasteiger partial charge in [-0.25, -0.2) is 0 Å². The van der Waals surface area contributed by atoms with Crippen molar-refractivity contribution in [3.8, 4) is 0 Å². The molecule has 1 atom stereocenters. The fraction of sp³-hybridized carbons (Fsp3) is 1.00. The fourth-order valence-corrected chi connectivity index (χ4v) is 2.79. The van der Waals surface area contributed by atoms with Gasteiger partial charge in [0.1, 0.15) is 0 Å². The number of rotatable bonds is 6. The van der Waals surface area contributed by atoms with Crippen LogP contribution in [0.4, 0.5) is 0 Å². The van der Waals surface area contributed by atoms with Gasteiger partial charge in [0.15, 0.2) is 0 Å². The van der Waals surface area contributed by atoms with E-state index >= 15 is 0 Å². The van der Waals surface area contributed by atoms with Gasteiger partial charge in [-0.1, -0.05) is 19.8 Å². The van der Waals surface area contributed by atoms with E-state index < -0.39 is 0 Å².